The Morgan fingerprint density at radius 2 is 2.00 bits per heavy atom. The lowest BCUT2D eigenvalue weighted by Gasteiger charge is -2.26. The summed E-state index contributed by atoms with van der Waals surface area (Å²) >= 11 is 1.66. The van der Waals surface area contributed by atoms with Gasteiger partial charge in [-0.1, -0.05) is 12.1 Å². The van der Waals surface area contributed by atoms with Crippen LogP contribution < -0.4 is 0 Å². The lowest BCUT2D eigenvalue weighted by molar-refractivity contribution is -0.130. The van der Waals surface area contributed by atoms with Crippen LogP contribution in [0.5, 0.6) is 0 Å². The molecule has 5 heteroatoms. The quantitative estimate of drug-likeness (QED) is 0.486. The average molecular weight is 288 g/mol. The molecule has 0 spiro atoms. The van der Waals surface area contributed by atoms with Crippen LogP contribution in [-0.4, -0.2) is 43.4 Å². The van der Waals surface area contributed by atoms with Gasteiger partial charge < -0.3 is 9.64 Å². The fourth-order valence-corrected chi connectivity index (χ4v) is 2.35. The van der Waals surface area contributed by atoms with Crippen molar-refractivity contribution in [3.8, 4) is 6.07 Å². The number of amides is 1. The van der Waals surface area contributed by atoms with Gasteiger partial charge in [0.05, 0.1) is 13.2 Å². The highest BCUT2D eigenvalue weighted by Gasteiger charge is 2.20. The third-order valence-corrected chi connectivity index (χ3v) is 3.82. The normalized spacial score (nSPS) is 15.8. The van der Waals surface area contributed by atoms with Crippen LogP contribution in [0.4, 0.5) is 0 Å². The summed E-state index contributed by atoms with van der Waals surface area (Å²) < 4.78 is 5.21. The Hall–Kier alpha value is -1.77. The molecular weight excluding hydrogens is 272 g/mol. The van der Waals surface area contributed by atoms with Crippen molar-refractivity contribution in [2.24, 2.45) is 0 Å². The zero-order chi connectivity index (χ0) is 14.4. The first-order chi connectivity index (χ1) is 9.74. The Labute approximate surface area is 123 Å². The molecule has 0 unspecified atom stereocenters. The number of benzene rings is 1. The molecule has 0 saturated carbocycles. The third-order valence-electron chi connectivity index (χ3n) is 3.08. The number of thioether (sulfide) groups is 1. The molecule has 1 heterocycles. The Morgan fingerprint density at radius 3 is 2.55 bits per heavy atom. The van der Waals surface area contributed by atoms with Crippen LogP contribution in [0.25, 0.3) is 6.08 Å². The predicted molar refractivity (Wildman–Crippen MR) is 79.2 cm³/mol. The number of carbonyl (C=O) groups is 1. The molecule has 0 radical (unpaired) electrons. The van der Waals surface area contributed by atoms with Crippen molar-refractivity contribution in [2.75, 3.05) is 32.6 Å². The van der Waals surface area contributed by atoms with Gasteiger partial charge in [0.25, 0.3) is 5.91 Å². The lowest BCUT2D eigenvalue weighted by atomic mass is 10.1. The number of nitriles is 1. The van der Waals surface area contributed by atoms with Crippen LogP contribution in [0.3, 0.4) is 0 Å². The second-order valence-electron chi connectivity index (χ2n) is 4.35. The number of hydrogen-bond donors (Lipinski definition) is 0. The number of nitrogens with zero attached hydrogens (tertiary/aromatic N) is 2. The molecule has 1 aromatic rings. The van der Waals surface area contributed by atoms with E-state index in [1.54, 1.807) is 22.7 Å². The van der Waals surface area contributed by atoms with Gasteiger partial charge in [-0.25, -0.2) is 0 Å². The summed E-state index contributed by atoms with van der Waals surface area (Å²) in [5, 5.41) is 9.19. The molecule has 0 aromatic heterocycles. The molecule has 1 aromatic carbocycles. The maximum Gasteiger partial charge on any atom is 0.264 e. The van der Waals surface area contributed by atoms with Gasteiger partial charge in [-0.3, -0.25) is 4.79 Å². The van der Waals surface area contributed by atoms with Crippen LogP contribution in [0.15, 0.2) is 34.7 Å². The van der Waals surface area contributed by atoms with E-state index in [1.165, 1.54) is 0 Å². The molecule has 2 rings (SSSR count). The zero-order valence-corrected chi connectivity index (χ0v) is 12.2. The summed E-state index contributed by atoms with van der Waals surface area (Å²) in [6, 6.07) is 9.78. The van der Waals surface area contributed by atoms with Gasteiger partial charge in [0, 0.05) is 18.0 Å². The Kier molecular flexibility index (Phi) is 5.22. The molecule has 104 valence electrons. The lowest BCUT2D eigenvalue weighted by Crippen LogP contribution is -2.41. The zero-order valence-electron chi connectivity index (χ0n) is 11.3. The minimum absolute atomic E-state index is 0.170. The molecule has 1 saturated heterocycles. The maximum atomic E-state index is 12.2. The number of ether oxygens (including phenoxy) is 1. The summed E-state index contributed by atoms with van der Waals surface area (Å²) in [6.45, 7) is 2.16. The van der Waals surface area contributed by atoms with Crippen molar-refractivity contribution in [3.63, 3.8) is 0 Å². The van der Waals surface area contributed by atoms with Crippen molar-refractivity contribution >= 4 is 23.7 Å². The molecule has 0 aliphatic carbocycles. The van der Waals surface area contributed by atoms with Crippen molar-refractivity contribution in [2.45, 2.75) is 4.90 Å². The van der Waals surface area contributed by atoms with E-state index in [9.17, 15) is 10.1 Å². The third kappa shape index (κ3) is 3.62. The average Bonchev–Trinajstić information content (AvgIpc) is 2.53. The van der Waals surface area contributed by atoms with E-state index in [0.29, 0.717) is 26.3 Å². The van der Waals surface area contributed by atoms with Gasteiger partial charge in [-0.2, -0.15) is 5.26 Å². The fraction of sp³-hybridized carbons (Fsp3) is 0.333. The van der Waals surface area contributed by atoms with Crippen LogP contribution in [0.1, 0.15) is 5.56 Å². The van der Waals surface area contributed by atoms with E-state index in [1.807, 2.05) is 36.6 Å². The number of carbonyl (C=O) groups excluding carboxylic acids is 1. The first-order valence-electron chi connectivity index (χ1n) is 6.37. The monoisotopic (exact) mass is 288 g/mol. The molecule has 0 N–H and O–H groups in total. The van der Waals surface area contributed by atoms with Gasteiger partial charge in [0.2, 0.25) is 0 Å². The summed E-state index contributed by atoms with van der Waals surface area (Å²) in [5.41, 5.74) is 1.03. The van der Waals surface area contributed by atoms with E-state index < -0.39 is 0 Å². The Bertz CT molecular complexity index is 540. The molecule has 1 aliphatic rings. The molecule has 0 atom stereocenters. The van der Waals surface area contributed by atoms with Crippen molar-refractivity contribution in [1.29, 1.82) is 5.26 Å². The maximum absolute atomic E-state index is 12.2. The van der Waals surface area contributed by atoms with Gasteiger partial charge in [-0.15, -0.1) is 11.8 Å². The number of morpholine rings is 1. The fourth-order valence-electron chi connectivity index (χ4n) is 1.95. The topological polar surface area (TPSA) is 53.3 Å². The van der Waals surface area contributed by atoms with Gasteiger partial charge in [-0.05, 0) is 30.0 Å². The summed E-state index contributed by atoms with van der Waals surface area (Å²) in [5.74, 6) is -0.218. The van der Waals surface area contributed by atoms with Crippen molar-refractivity contribution in [1.82, 2.24) is 4.90 Å². The smallest absolute Gasteiger partial charge is 0.264 e. The highest BCUT2D eigenvalue weighted by molar-refractivity contribution is 7.98. The predicted octanol–water partition coefficient (Wildman–Crippen LogP) is 2.17. The largest absolute Gasteiger partial charge is 0.378 e. The summed E-state index contributed by atoms with van der Waals surface area (Å²) in [7, 11) is 0. The molecule has 1 fully saturated rings. The van der Waals surface area contributed by atoms with Gasteiger partial charge >= 0.3 is 0 Å². The van der Waals surface area contributed by atoms with Crippen LogP contribution in [-0.2, 0) is 9.53 Å². The number of hydrogen-bond acceptors (Lipinski definition) is 4. The first-order valence-corrected chi connectivity index (χ1v) is 7.60. The van der Waals surface area contributed by atoms with Gasteiger partial charge in [0.1, 0.15) is 11.6 Å². The van der Waals surface area contributed by atoms with Crippen LogP contribution in [0.2, 0.25) is 0 Å². The molecular formula is C15H16N2O2S. The second-order valence-corrected chi connectivity index (χ2v) is 5.23. The van der Waals surface area contributed by atoms with Gasteiger partial charge in [0.15, 0.2) is 0 Å². The standard InChI is InChI=1S/C15H16N2O2S/c1-20-14-4-2-12(3-5-14)10-13(11-16)15(18)17-6-8-19-9-7-17/h2-5,10H,6-9H2,1H3/b13-10-. The number of rotatable bonds is 3. The van der Waals surface area contributed by atoms with E-state index in [0.717, 1.165) is 10.5 Å². The second kappa shape index (κ2) is 7.13. The molecule has 4 nitrogen and oxygen atoms in total. The Balaban J connectivity index is 2.15. The molecule has 20 heavy (non-hydrogen) atoms. The Morgan fingerprint density at radius 1 is 1.35 bits per heavy atom. The van der Waals surface area contributed by atoms with E-state index in [-0.39, 0.29) is 11.5 Å². The summed E-state index contributed by atoms with van der Waals surface area (Å²) in [4.78, 5) is 15.0. The molecule has 0 bridgehead atoms. The van der Waals surface area contributed by atoms with Crippen LogP contribution in [0, 0.1) is 11.3 Å². The van der Waals surface area contributed by atoms with E-state index in [4.69, 9.17) is 4.74 Å². The van der Waals surface area contributed by atoms with E-state index >= 15 is 0 Å². The van der Waals surface area contributed by atoms with Crippen LogP contribution >= 0.6 is 11.8 Å². The minimum atomic E-state index is -0.218. The molecule has 1 aliphatic heterocycles. The van der Waals surface area contributed by atoms with E-state index in [2.05, 4.69) is 0 Å². The van der Waals surface area contributed by atoms with Crippen molar-refractivity contribution < 1.29 is 9.53 Å². The molecule has 1 amide bonds. The highest BCUT2D eigenvalue weighted by atomic mass is 32.2. The first kappa shape index (κ1) is 14.6. The summed E-state index contributed by atoms with van der Waals surface area (Å²) in [6.07, 6.45) is 3.65. The van der Waals surface area contributed by atoms with Crippen molar-refractivity contribution in [3.05, 3.63) is 35.4 Å². The SMILES string of the molecule is CSc1ccc(/C=C(/C#N)C(=O)N2CCOCC2)cc1. The minimum Gasteiger partial charge on any atom is -0.378 e. The highest BCUT2D eigenvalue weighted by Crippen LogP contribution is 2.17.